The Morgan fingerprint density at radius 2 is 2.15 bits per heavy atom. The Balaban J connectivity index is 2.25. The first-order valence-electron chi connectivity index (χ1n) is 6.88. The minimum Gasteiger partial charge on any atom is -0.465 e. The monoisotopic (exact) mass is 313 g/mol. The second-order valence-corrected chi connectivity index (χ2v) is 8.46. The van der Waals surface area contributed by atoms with E-state index in [1.54, 1.807) is 0 Å². The maximum Gasteiger partial charge on any atom is 0.320 e. The molecular formula is C14H20NO3PS. The van der Waals surface area contributed by atoms with Crippen LogP contribution < -0.4 is 5.30 Å². The van der Waals surface area contributed by atoms with Crippen molar-refractivity contribution in [1.29, 1.82) is 0 Å². The molecular weight excluding hydrogens is 293 g/mol. The smallest absolute Gasteiger partial charge is 0.320 e. The molecule has 1 unspecified atom stereocenters. The van der Waals surface area contributed by atoms with E-state index in [0.29, 0.717) is 13.2 Å². The lowest BCUT2D eigenvalue weighted by Gasteiger charge is -2.32. The number of rotatable bonds is 4. The normalized spacial score (nSPS) is 24.1. The summed E-state index contributed by atoms with van der Waals surface area (Å²) in [5, 5.41) is 1.00. The summed E-state index contributed by atoms with van der Waals surface area (Å²) < 4.78 is 13.1. The SMILES string of the molecule is CCOC(=O)CN1CCCCOP1(=S)c1ccccc1. The third-order valence-corrected chi connectivity index (χ3v) is 7.36. The molecule has 0 spiro atoms. The standard InChI is InChI=1S/C14H20NO3PS/c1-2-17-14(16)12-15-10-6-7-11-18-19(15,20)13-8-4-3-5-9-13/h3-5,8-9H,2,6-7,10-12H2,1H3. The molecule has 0 radical (unpaired) electrons. The highest BCUT2D eigenvalue weighted by Crippen LogP contribution is 2.51. The van der Waals surface area contributed by atoms with Gasteiger partial charge in [0.2, 0.25) is 0 Å². The minimum absolute atomic E-state index is 0.208. The van der Waals surface area contributed by atoms with Crippen LogP contribution in [0, 0.1) is 0 Å². The Morgan fingerprint density at radius 1 is 1.40 bits per heavy atom. The zero-order valence-corrected chi connectivity index (χ0v) is 13.4. The molecule has 20 heavy (non-hydrogen) atoms. The minimum atomic E-state index is -2.33. The van der Waals surface area contributed by atoms with E-state index in [-0.39, 0.29) is 12.5 Å². The highest BCUT2D eigenvalue weighted by molar-refractivity contribution is 8.14. The summed E-state index contributed by atoms with van der Waals surface area (Å²) in [6, 6.07) is 9.85. The van der Waals surface area contributed by atoms with Gasteiger partial charge in [-0.2, -0.15) is 0 Å². The molecule has 1 aliphatic heterocycles. The lowest BCUT2D eigenvalue weighted by atomic mass is 10.3. The molecule has 0 N–H and O–H groups in total. The van der Waals surface area contributed by atoms with Gasteiger partial charge >= 0.3 is 5.97 Å². The molecule has 1 saturated heterocycles. The van der Waals surface area contributed by atoms with Gasteiger partial charge in [-0.25, -0.2) is 4.67 Å². The fourth-order valence-corrected chi connectivity index (χ4v) is 5.46. The zero-order valence-electron chi connectivity index (χ0n) is 11.7. The van der Waals surface area contributed by atoms with Crippen LogP contribution in [-0.2, 0) is 25.9 Å². The van der Waals surface area contributed by atoms with Gasteiger partial charge in [0.15, 0.2) is 6.42 Å². The summed E-state index contributed by atoms with van der Waals surface area (Å²) in [5.41, 5.74) is 0. The molecule has 1 aliphatic rings. The van der Waals surface area contributed by atoms with Gasteiger partial charge in [0.25, 0.3) is 0 Å². The number of benzene rings is 1. The van der Waals surface area contributed by atoms with E-state index in [1.807, 2.05) is 41.9 Å². The van der Waals surface area contributed by atoms with Gasteiger partial charge in [-0.05, 0) is 31.6 Å². The predicted octanol–water partition coefficient (Wildman–Crippen LogP) is 2.30. The molecule has 1 aromatic rings. The lowest BCUT2D eigenvalue weighted by molar-refractivity contribution is -0.143. The predicted molar refractivity (Wildman–Crippen MR) is 83.8 cm³/mol. The summed E-state index contributed by atoms with van der Waals surface area (Å²) in [6.07, 6.45) is -0.364. The van der Waals surface area contributed by atoms with Crippen LogP contribution in [0.4, 0.5) is 0 Å². The summed E-state index contributed by atoms with van der Waals surface area (Å²) >= 11 is 5.84. The van der Waals surface area contributed by atoms with Crippen LogP contribution in [0.25, 0.3) is 0 Å². The van der Waals surface area contributed by atoms with Crippen LogP contribution in [0.3, 0.4) is 0 Å². The van der Waals surface area contributed by atoms with E-state index >= 15 is 0 Å². The Hall–Kier alpha value is -0.740. The van der Waals surface area contributed by atoms with Crippen LogP contribution in [0.1, 0.15) is 19.8 Å². The molecule has 0 saturated carbocycles. The van der Waals surface area contributed by atoms with Crippen LogP contribution in [-0.4, -0.2) is 36.9 Å². The summed E-state index contributed by atoms with van der Waals surface area (Å²) in [4.78, 5) is 11.8. The van der Waals surface area contributed by atoms with E-state index in [0.717, 1.165) is 24.7 Å². The van der Waals surface area contributed by atoms with Gasteiger partial charge in [0.05, 0.1) is 13.2 Å². The van der Waals surface area contributed by atoms with Gasteiger partial charge in [0.1, 0.15) is 6.54 Å². The van der Waals surface area contributed by atoms with Crippen molar-refractivity contribution in [2.75, 3.05) is 26.3 Å². The number of carbonyl (C=O) groups is 1. The number of carbonyl (C=O) groups excluding carboxylic acids is 1. The second kappa shape index (κ2) is 7.32. The van der Waals surface area contributed by atoms with Gasteiger partial charge in [-0.1, -0.05) is 30.3 Å². The molecule has 1 aromatic carbocycles. The van der Waals surface area contributed by atoms with Crippen LogP contribution in [0.2, 0.25) is 0 Å². The van der Waals surface area contributed by atoms with Crippen molar-refractivity contribution in [3.63, 3.8) is 0 Å². The number of hydrogen-bond donors (Lipinski definition) is 0. The largest absolute Gasteiger partial charge is 0.465 e. The molecule has 1 heterocycles. The Morgan fingerprint density at radius 3 is 2.85 bits per heavy atom. The second-order valence-electron chi connectivity index (χ2n) is 4.59. The van der Waals surface area contributed by atoms with Crippen LogP contribution >= 0.6 is 6.42 Å². The van der Waals surface area contributed by atoms with E-state index in [1.165, 1.54) is 0 Å². The van der Waals surface area contributed by atoms with E-state index in [9.17, 15) is 4.79 Å². The number of hydrogen-bond acceptors (Lipinski definition) is 4. The topological polar surface area (TPSA) is 38.8 Å². The van der Waals surface area contributed by atoms with Crippen molar-refractivity contribution in [2.24, 2.45) is 0 Å². The van der Waals surface area contributed by atoms with Crippen molar-refractivity contribution in [3.05, 3.63) is 30.3 Å². The molecule has 4 nitrogen and oxygen atoms in total. The highest BCUT2D eigenvalue weighted by atomic mass is 32.4. The number of esters is 1. The first-order chi connectivity index (χ1) is 9.66. The van der Waals surface area contributed by atoms with Crippen LogP contribution in [0.15, 0.2) is 30.3 Å². The van der Waals surface area contributed by atoms with Crippen molar-refractivity contribution in [2.45, 2.75) is 19.8 Å². The van der Waals surface area contributed by atoms with E-state index in [4.69, 9.17) is 21.1 Å². The van der Waals surface area contributed by atoms with Crippen molar-refractivity contribution >= 4 is 29.5 Å². The Labute approximate surface area is 125 Å². The lowest BCUT2D eigenvalue weighted by Crippen LogP contribution is -2.32. The zero-order chi connectivity index (χ0) is 14.4. The number of nitrogens with zero attached hydrogens (tertiary/aromatic N) is 1. The van der Waals surface area contributed by atoms with E-state index < -0.39 is 6.42 Å². The first kappa shape index (κ1) is 15.6. The Kier molecular flexibility index (Phi) is 5.73. The number of ether oxygens (including phenoxy) is 1. The van der Waals surface area contributed by atoms with Crippen molar-refractivity contribution in [3.8, 4) is 0 Å². The first-order valence-corrected chi connectivity index (χ1v) is 9.55. The van der Waals surface area contributed by atoms with Crippen LogP contribution in [0.5, 0.6) is 0 Å². The molecule has 110 valence electrons. The Bertz CT molecular complexity index is 494. The molecule has 1 fully saturated rings. The average Bonchev–Trinajstić information content (AvgIpc) is 2.64. The summed E-state index contributed by atoms with van der Waals surface area (Å²) in [5.74, 6) is -0.233. The average molecular weight is 313 g/mol. The third kappa shape index (κ3) is 3.67. The van der Waals surface area contributed by atoms with Gasteiger partial charge in [-0.15, -0.1) is 0 Å². The summed E-state index contributed by atoms with van der Waals surface area (Å²) in [7, 11) is 0. The molecule has 1 atom stereocenters. The van der Waals surface area contributed by atoms with Gasteiger partial charge < -0.3 is 9.26 Å². The molecule has 0 aliphatic carbocycles. The summed E-state index contributed by atoms with van der Waals surface area (Å²) in [6.45, 7) is 3.85. The fraction of sp³-hybridized carbons (Fsp3) is 0.500. The maximum absolute atomic E-state index is 11.8. The van der Waals surface area contributed by atoms with Gasteiger partial charge in [0, 0.05) is 11.8 Å². The third-order valence-electron chi connectivity index (χ3n) is 3.15. The van der Waals surface area contributed by atoms with Gasteiger partial charge in [-0.3, -0.25) is 4.79 Å². The molecule has 6 heteroatoms. The highest BCUT2D eigenvalue weighted by Gasteiger charge is 2.32. The molecule has 0 amide bonds. The maximum atomic E-state index is 11.8. The fourth-order valence-electron chi connectivity index (χ4n) is 2.18. The van der Waals surface area contributed by atoms with Crippen molar-refractivity contribution < 1.29 is 14.1 Å². The van der Waals surface area contributed by atoms with E-state index in [2.05, 4.69) is 0 Å². The molecule has 0 bridgehead atoms. The molecule has 0 aromatic heterocycles. The molecule has 2 rings (SSSR count). The van der Waals surface area contributed by atoms with Crippen molar-refractivity contribution in [1.82, 2.24) is 4.67 Å². The quantitative estimate of drug-likeness (QED) is 0.630.